The zero-order chi connectivity index (χ0) is 20.0. The number of nitrogens with one attached hydrogen (secondary N) is 3. The monoisotopic (exact) mass is 394 g/mol. The van der Waals surface area contributed by atoms with Gasteiger partial charge in [0.05, 0.1) is 12.2 Å². The molecule has 3 aliphatic heterocycles. The highest BCUT2D eigenvalue weighted by atomic mass is 16.2. The lowest BCUT2D eigenvalue weighted by atomic mass is 10.0. The van der Waals surface area contributed by atoms with Crippen LogP contribution in [-0.4, -0.2) is 51.5 Å². The maximum atomic E-state index is 12.8. The summed E-state index contributed by atoms with van der Waals surface area (Å²) in [7, 11) is 0. The number of imide groups is 1. The van der Waals surface area contributed by atoms with E-state index in [-0.39, 0.29) is 24.1 Å². The number of anilines is 1. The number of carbonyl (C=O) groups is 3. The Bertz CT molecular complexity index is 996. The quantitative estimate of drug-likeness (QED) is 0.634. The zero-order valence-corrected chi connectivity index (χ0v) is 15.9. The van der Waals surface area contributed by atoms with Gasteiger partial charge in [-0.15, -0.1) is 0 Å². The molecule has 9 heteroatoms. The first-order chi connectivity index (χ1) is 14.1. The topological polar surface area (TPSA) is 108 Å². The third kappa shape index (κ3) is 3.17. The third-order valence-corrected chi connectivity index (χ3v) is 5.84. The van der Waals surface area contributed by atoms with Crippen LogP contribution in [0.15, 0.2) is 30.5 Å². The molecule has 1 aromatic carbocycles. The van der Waals surface area contributed by atoms with E-state index in [0.29, 0.717) is 31.1 Å². The maximum absolute atomic E-state index is 12.8. The average Bonchev–Trinajstić information content (AvgIpc) is 3.23. The van der Waals surface area contributed by atoms with Gasteiger partial charge >= 0.3 is 0 Å². The van der Waals surface area contributed by atoms with Crippen LogP contribution in [0.5, 0.6) is 0 Å². The summed E-state index contributed by atoms with van der Waals surface area (Å²) in [6.07, 6.45) is 2.43. The predicted octanol–water partition coefficient (Wildman–Crippen LogP) is 0.401. The number of carbonyl (C=O) groups excluding carboxylic acids is 3. The number of fused-ring (bicyclic) bond motifs is 1. The fourth-order valence-electron chi connectivity index (χ4n) is 4.12. The number of piperidine rings is 1. The fourth-order valence-corrected chi connectivity index (χ4v) is 4.12. The minimum atomic E-state index is -0.584. The van der Waals surface area contributed by atoms with Gasteiger partial charge in [-0.1, -0.05) is 12.1 Å². The van der Waals surface area contributed by atoms with Crippen molar-refractivity contribution in [1.29, 1.82) is 0 Å². The summed E-state index contributed by atoms with van der Waals surface area (Å²) in [5.74, 6) is 0.159. The number of benzene rings is 1. The van der Waals surface area contributed by atoms with Crippen LogP contribution in [0, 0.1) is 0 Å². The van der Waals surface area contributed by atoms with Crippen LogP contribution in [0.25, 0.3) is 0 Å². The summed E-state index contributed by atoms with van der Waals surface area (Å²) < 4.78 is 2.00. The first-order valence-corrected chi connectivity index (χ1v) is 9.85. The first-order valence-electron chi connectivity index (χ1n) is 9.85. The first kappa shape index (κ1) is 17.9. The second-order valence-electron chi connectivity index (χ2n) is 7.72. The van der Waals surface area contributed by atoms with Crippen molar-refractivity contribution in [1.82, 2.24) is 25.3 Å². The molecule has 0 radical (unpaired) electrons. The van der Waals surface area contributed by atoms with E-state index >= 15 is 0 Å². The van der Waals surface area contributed by atoms with Gasteiger partial charge < -0.3 is 15.5 Å². The Morgan fingerprint density at radius 3 is 2.79 bits per heavy atom. The van der Waals surface area contributed by atoms with Gasteiger partial charge in [0, 0.05) is 44.2 Å². The molecule has 2 fully saturated rings. The van der Waals surface area contributed by atoms with Crippen molar-refractivity contribution in [3.05, 3.63) is 47.2 Å². The third-order valence-electron chi connectivity index (χ3n) is 5.84. The smallest absolute Gasteiger partial charge is 0.255 e. The van der Waals surface area contributed by atoms with E-state index in [9.17, 15) is 14.4 Å². The van der Waals surface area contributed by atoms with Crippen molar-refractivity contribution in [2.24, 2.45) is 0 Å². The molecular weight excluding hydrogens is 372 g/mol. The molecule has 0 aliphatic carbocycles. The summed E-state index contributed by atoms with van der Waals surface area (Å²) >= 11 is 0. The van der Waals surface area contributed by atoms with Crippen LogP contribution in [0.4, 0.5) is 5.82 Å². The highest BCUT2D eigenvalue weighted by molar-refractivity contribution is 6.05. The molecule has 0 bridgehead atoms. The Labute approximate surface area is 167 Å². The number of aromatic nitrogens is 2. The standard InChI is InChI=1S/C20H22N6O3/c27-18-4-3-16(19(28)24-18)25-11-13-7-12(1-2-15(13)20(25)29)8-22-17-5-6-23-26(17)14-9-21-10-14/h1-2,5-7,14,16,21-22H,3-4,8-11H2,(H,24,27,28). The van der Waals surface area contributed by atoms with Gasteiger partial charge in [-0.25, -0.2) is 4.68 Å². The van der Waals surface area contributed by atoms with Gasteiger partial charge in [-0.3, -0.25) is 19.7 Å². The largest absolute Gasteiger partial charge is 0.366 e. The van der Waals surface area contributed by atoms with Crippen molar-refractivity contribution in [2.75, 3.05) is 18.4 Å². The van der Waals surface area contributed by atoms with Gasteiger partial charge in [0.1, 0.15) is 11.9 Å². The molecule has 0 spiro atoms. The zero-order valence-electron chi connectivity index (χ0n) is 15.9. The van der Waals surface area contributed by atoms with E-state index in [2.05, 4.69) is 21.0 Å². The van der Waals surface area contributed by atoms with E-state index < -0.39 is 6.04 Å². The Balaban J connectivity index is 1.28. The molecule has 0 saturated carbocycles. The van der Waals surface area contributed by atoms with E-state index in [1.807, 2.05) is 28.9 Å². The molecule has 9 nitrogen and oxygen atoms in total. The Morgan fingerprint density at radius 1 is 1.17 bits per heavy atom. The van der Waals surface area contributed by atoms with Crippen LogP contribution in [0.2, 0.25) is 0 Å². The normalized spacial score (nSPS) is 21.7. The van der Waals surface area contributed by atoms with Crippen LogP contribution in [0.3, 0.4) is 0 Å². The molecule has 4 heterocycles. The minimum Gasteiger partial charge on any atom is -0.366 e. The summed E-state index contributed by atoms with van der Waals surface area (Å²) in [5, 5.41) is 13.4. The molecular formula is C20H22N6O3. The van der Waals surface area contributed by atoms with Crippen molar-refractivity contribution in [3.8, 4) is 0 Å². The average molecular weight is 394 g/mol. The van der Waals surface area contributed by atoms with Gasteiger partial charge in [0.2, 0.25) is 11.8 Å². The molecule has 150 valence electrons. The molecule has 29 heavy (non-hydrogen) atoms. The van der Waals surface area contributed by atoms with Crippen molar-refractivity contribution in [3.63, 3.8) is 0 Å². The lowest BCUT2D eigenvalue weighted by Gasteiger charge is -2.29. The number of hydrogen-bond acceptors (Lipinski definition) is 6. The van der Waals surface area contributed by atoms with Gasteiger partial charge in [0.15, 0.2) is 0 Å². The number of hydrogen-bond donors (Lipinski definition) is 3. The van der Waals surface area contributed by atoms with Gasteiger partial charge in [-0.2, -0.15) is 5.10 Å². The molecule has 3 aliphatic rings. The second kappa shape index (κ2) is 7.00. The molecule has 3 amide bonds. The second-order valence-corrected chi connectivity index (χ2v) is 7.72. The van der Waals surface area contributed by atoms with E-state index in [4.69, 9.17) is 0 Å². The Morgan fingerprint density at radius 2 is 2.03 bits per heavy atom. The summed E-state index contributed by atoms with van der Waals surface area (Å²) in [6, 6.07) is 7.53. The Kier molecular flexibility index (Phi) is 4.31. The molecule has 1 unspecified atom stereocenters. The van der Waals surface area contributed by atoms with Gasteiger partial charge in [0.25, 0.3) is 5.91 Å². The van der Waals surface area contributed by atoms with Crippen molar-refractivity contribution < 1.29 is 14.4 Å². The summed E-state index contributed by atoms with van der Waals surface area (Å²) in [6.45, 7) is 2.85. The highest BCUT2D eigenvalue weighted by Crippen LogP contribution is 2.28. The van der Waals surface area contributed by atoms with Crippen LogP contribution < -0.4 is 16.0 Å². The summed E-state index contributed by atoms with van der Waals surface area (Å²) in [5.41, 5.74) is 2.60. The fraction of sp³-hybridized carbons (Fsp3) is 0.400. The van der Waals surface area contributed by atoms with Crippen LogP contribution in [-0.2, 0) is 22.7 Å². The number of rotatable bonds is 5. The van der Waals surface area contributed by atoms with Crippen LogP contribution >= 0.6 is 0 Å². The SMILES string of the molecule is O=C1CCC(N2Cc3cc(CNc4ccnn4C4CNC4)ccc3C2=O)C(=O)N1. The summed E-state index contributed by atoms with van der Waals surface area (Å²) in [4.78, 5) is 37.9. The van der Waals surface area contributed by atoms with E-state index in [1.54, 1.807) is 11.1 Å². The number of nitrogens with zero attached hydrogens (tertiary/aromatic N) is 3. The lowest BCUT2D eigenvalue weighted by Crippen LogP contribution is -2.52. The van der Waals surface area contributed by atoms with Crippen molar-refractivity contribution in [2.45, 2.75) is 38.0 Å². The van der Waals surface area contributed by atoms with Gasteiger partial charge in [-0.05, 0) is 23.6 Å². The predicted molar refractivity (Wildman–Crippen MR) is 104 cm³/mol. The molecule has 2 aromatic rings. The molecule has 1 atom stereocenters. The number of amides is 3. The molecule has 2 saturated heterocycles. The molecule has 3 N–H and O–H groups in total. The lowest BCUT2D eigenvalue weighted by molar-refractivity contribution is -0.136. The van der Waals surface area contributed by atoms with Crippen LogP contribution in [0.1, 0.15) is 40.4 Å². The van der Waals surface area contributed by atoms with Crippen molar-refractivity contribution >= 4 is 23.5 Å². The molecule has 1 aromatic heterocycles. The van der Waals surface area contributed by atoms with E-state index in [1.165, 1.54) is 0 Å². The Hall–Kier alpha value is -3.20. The maximum Gasteiger partial charge on any atom is 0.255 e. The highest BCUT2D eigenvalue weighted by Gasteiger charge is 2.39. The minimum absolute atomic E-state index is 0.149. The molecule has 5 rings (SSSR count). The van der Waals surface area contributed by atoms with E-state index in [0.717, 1.165) is 30.0 Å².